The van der Waals surface area contributed by atoms with E-state index in [2.05, 4.69) is 12.2 Å². The van der Waals surface area contributed by atoms with Crippen LogP contribution in [0, 0.1) is 0 Å². The number of rotatable bonds is 6. The number of nitrogens with one attached hydrogen (secondary N) is 1. The highest BCUT2D eigenvalue weighted by atomic mass is 32.2. The van der Waals surface area contributed by atoms with Crippen LogP contribution in [0.15, 0.2) is 24.3 Å². The van der Waals surface area contributed by atoms with Crippen molar-refractivity contribution in [1.29, 1.82) is 0 Å². The highest BCUT2D eigenvalue weighted by Crippen LogP contribution is 2.29. The van der Waals surface area contributed by atoms with E-state index in [-0.39, 0.29) is 17.5 Å². The maximum absolute atomic E-state index is 11.9. The monoisotopic (exact) mass is 263 g/mol. The molecule has 0 heterocycles. The number of hydrogen-bond donors (Lipinski definition) is 1. The molecule has 0 atom stereocenters. The summed E-state index contributed by atoms with van der Waals surface area (Å²) in [5.74, 6) is 0.0280. The summed E-state index contributed by atoms with van der Waals surface area (Å²) in [5.41, 5.74) is -2.01. The van der Waals surface area contributed by atoms with E-state index in [1.54, 1.807) is 0 Å². The average Bonchev–Trinajstić information content (AvgIpc) is 2.26. The molecule has 0 spiro atoms. The number of anilines is 1. The minimum atomic E-state index is -4.13. The van der Waals surface area contributed by atoms with Crippen molar-refractivity contribution in [1.82, 2.24) is 0 Å². The molecule has 0 aliphatic heterocycles. The van der Waals surface area contributed by atoms with E-state index in [0.29, 0.717) is 6.54 Å². The van der Waals surface area contributed by atoms with E-state index >= 15 is 0 Å². The van der Waals surface area contributed by atoms with E-state index in [1.807, 2.05) is 24.3 Å². The number of hydrogen-bond acceptors (Lipinski definition) is 2. The van der Waals surface area contributed by atoms with Gasteiger partial charge in [-0.3, -0.25) is 0 Å². The summed E-state index contributed by atoms with van der Waals surface area (Å²) in [6.45, 7) is 2.43. The van der Waals surface area contributed by atoms with E-state index in [0.717, 1.165) is 18.5 Å². The molecule has 0 aliphatic rings. The maximum atomic E-state index is 11.9. The molecule has 0 aromatic heterocycles. The lowest BCUT2D eigenvalue weighted by molar-refractivity contribution is -0.0327. The van der Waals surface area contributed by atoms with Crippen molar-refractivity contribution in [3.8, 4) is 0 Å². The molecule has 1 nitrogen and oxygen atoms in total. The van der Waals surface area contributed by atoms with Gasteiger partial charge in [0.25, 0.3) is 0 Å². The number of aryl methyl sites for hydroxylation is 1. The minimum Gasteiger partial charge on any atom is -0.384 e. The summed E-state index contributed by atoms with van der Waals surface area (Å²) in [6.07, 6.45) is 2.12. The molecule has 0 unspecified atom stereocenters. The molecule has 0 saturated carbocycles. The van der Waals surface area contributed by atoms with Gasteiger partial charge >= 0.3 is 5.51 Å². The summed E-state index contributed by atoms with van der Waals surface area (Å²) in [7, 11) is 0. The van der Waals surface area contributed by atoms with Gasteiger partial charge in [0.15, 0.2) is 0 Å². The lowest BCUT2D eigenvalue weighted by Crippen LogP contribution is -2.09. The smallest absolute Gasteiger partial charge is 0.384 e. The van der Waals surface area contributed by atoms with Gasteiger partial charge in [0.05, 0.1) is 0 Å². The third-order valence-corrected chi connectivity index (χ3v) is 2.93. The van der Waals surface area contributed by atoms with Crippen LogP contribution < -0.4 is 5.32 Å². The van der Waals surface area contributed by atoms with Crippen LogP contribution in [0.4, 0.5) is 18.9 Å². The van der Waals surface area contributed by atoms with Crippen LogP contribution in [0.3, 0.4) is 0 Å². The molecule has 0 radical (unpaired) electrons. The minimum absolute atomic E-state index is 0.00159. The quantitative estimate of drug-likeness (QED) is 0.768. The standard InChI is InChI=1S/C12H16F3NS/c1-2-3-10-4-6-11(7-5-10)16-8-9-17-12(13,14)15/h4-7,16H,2-3,8-9H2,1H3. The summed E-state index contributed by atoms with van der Waals surface area (Å²) in [5, 5.41) is 2.97. The first kappa shape index (κ1) is 14.2. The van der Waals surface area contributed by atoms with Gasteiger partial charge in [0.1, 0.15) is 0 Å². The number of halogens is 3. The van der Waals surface area contributed by atoms with Crippen molar-refractivity contribution in [3.05, 3.63) is 29.8 Å². The van der Waals surface area contributed by atoms with Crippen molar-refractivity contribution in [2.75, 3.05) is 17.6 Å². The normalized spacial score (nSPS) is 11.5. The number of thioether (sulfide) groups is 1. The van der Waals surface area contributed by atoms with Crippen molar-refractivity contribution in [3.63, 3.8) is 0 Å². The zero-order valence-corrected chi connectivity index (χ0v) is 10.5. The molecule has 0 fully saturated rings. The Bertz CT molecular complexity index is 322. The zero-order valence-electron chi connectivity index (χ0n) is 9.68. The Hall–Kier alpha value is -0.840. The summed E-state index contributed by atoms with van der Waals surface area (Å²) >= 11 is 0.00159. The second-order valence-electron chi connectivity index (χ2n) is 3.67. The van der Waals surface area contributed by atoms with Crippen molar-refractivity contribution < 1.29 is 13.2 Å². The third kappa shape index (κ3) is 6.46. The predicted octanol–water partition coefficient (Wildman–Crippen LogP) is 4.30. The highest BCUT2D eigenvalue weighted by Gasteiger charge is 2.27. The second kappa shape index (κ2) is 6.79. The van der Waals surface area contributed by atoms with Gasteiger partial charge in [-0.2, -0.15) is 13.2 Å². The van der Waals surface area contributed by atoms with Crippen molar-refractivity contribution in [2.45, 2.75) is 25.3 Å². The van der Waals surface area contributed by atoms with Crippen LogP contribution >= 0.6 is 11.8 Å². The largest absolute Gasteiger partial charge is 0.441 e. The molecular formula is C12H16F3NS. The van der Waals surface area contributed by atoms with Crippen LogP contribution in [0.2, 0.25) is 0 Å². The average molecular weight is 263 g/mol. The van der Waals surface area contributed by atoms with Crippen molar-refractivity contribution in [2.24, 2.45) is 0 Å². The first-order valence-corrected chi connectivity index (χ1v) is 6.53. The Morgan fingerprint density at radius 3 is 2.35 bits per heavy atom. The molecule has 96 valence electrons. The number of alkyl halides is 3. The second-order valence-corrected chi connectivity index (χ2v) is 4.83. The fourth-order valence-corrected chi connectivity index (χ4v) is 1.88. The molecule has 0 bridgehead atoms. The van der Waals surface area contributed by atoms with E-state index in [1.165, 1.54) is 5.56 Å². The Kier molecular flexibility index (Phi) is 5.68. The third-order valence-electron chi connectivity index (χ3n) is 2.19. The van der Waals surface area contributed by atoms with Crippen LogP contribution in [0.1, 0.15) is 18.9 Å². The van der Waals surface area contributed by atoms with Crippen LogP contribution in [0.25, 0.3) is 0 Å². The molecular weight excluding hydrogens is 247 g/mol. The molecule has 1 aromatic rings. The van der Waals surface area contributed by atoms with Gasteiger partial charge in [0, 0.05) is 18.0 Å². The number of benzene rings is 1. The van der Waals surface area contributed by atoms with Crippen LogP contribution in [-0.2, 0) is 6.42 Å². The van der Waals surface area contributed by atoms with Gasteiger partial charge in [0.2, 0.25) is 0 Å². The Morgan fingerprint density at radius 1 is 1.18 bits per heavy atom. The van der Waals surface area contributed by atoms with Gasteiger partial charge in [-0.1, -0.05) is 25.5 Å². The van der Waals surface area contributed by atoms with E-state index < -0.39 is 5.51 Å². The highest BCUT2D eigenvalue weighted by molar-refractivity contribution is 8.00. The Labute approximate surface area is 104 Å². The first-order valence-electron chi connectivity index (χ1n) is 5.55. The molecule has 0 aliphatic carbocycles. The SMILES string of the molecule is CCCc1ccc(NCCSC(F)(F)F)cc1. The van der Waals surface area contributed by atoms with Crippen LogP contribution in [-0.4, -0.2) is 17.8 Å². The van der Waals surface area contributed by atoms with Gasteiger partial charge in [-0.25, -0.2) is 0 Å². The molecule has 1 N–H and O–H groups in total. The first-order chi connectivity index (χ1) is 8.01. The molecule has 1 rings (SSSR count). The Balaban J connectivity index is 2.27. The summed E-state index contributed by atoms with van der Waals surface area (Å²) in [6, 6.07) is 7.82. The lowest BCUT2D eigenvalue weighted by atomic mass is 10.1. The molecule has 0 saturated heterocycles. The fourth-order valence-electron chi connectivity index (χ4n) is 1.44. The Morgan fingerprint density at radius 2 is 1.82 bits per heavy atom. The topological polar surface area (TPSA) is 12.0 Å². The zero-order chi connectivity index (χ0) is 12.7. The summed E-state index contributed by atoms with van der Waals surface area (Å²) < 4.78 is 35.6. The summed E-state index contributed by atoms with van der Waals surface area (Å²) in [4.78, 5) is 0. The molecule has 17 heavy (non-hydrogen) atoms. The van der Waals surface area contributed by atoms with Gasteiger partial charge in [-0.15, -0.1) is 0 Å². The fraction of sp³-hybridized carbons (Fsp3) is 0.500. The van der Waals surface area contributed by atoms with Crippen LogP contribution in [0.5, 0.6) is 0 Å². The lowest BCUT2D eigenvalue weighted by Gasteiger charge is -2.08. The molecule has 5 heteroatoms. The van der Waals surface area contributed by atoms with E-state index in [9.17, 15) is 13.2 Å². The van der Waals surface area contributed by atoms with Gasteiger partial charge in [-0.05, 0) is 35.9 Å². The predicted molar refractivity (Wildman–Crippen MR) is 67.4 cm³/mol. The molecule has 0 amide bonds. The van der Waals surface area contributed by atoms with Crippen molar-refractivity contribution >= 4 is 17.4 Å². The van der Waals surface area contributed by atoms with Gasteiger partial charge < -0.3 is 5.32 Å². The molecule has 1 aromatic carbocycles. The maximum Gasteiger partial charge on any atom is 0.441 e. The van der Waals surface area contributed by atoms with E-state index in [4.69, 9.17) is 0 Å².